The normalized spacial score (nSPS) is 21.6. The van der Waals surface area contributed by atoms with E-state index in [9.17, 15) is 4.79 Å². The summed E-state index contributed by atoms with van der Waals surface area (Å²) in [5, 5.41) is 0. The van der Waals surface area contributed by atoms with Crippen LogP contribution in [0.1, 0.15) is 92.9 Å². The quantitative estimate of drug-likeness (QED) is 0.576. The maximum atomic E-state index is 12.3. The van der Waals surface area contributed by atoms with Gasteiger partial charge in [-0.2, -0.15) is 0 Å². The minimum Gasteiger partial charge on any atom is -0.462 e. The van der Waals surface area contributed by atoms with Gasteiger partial charge in [0.2, 0.25) is 0 Å². The van der Waals surface area contributed by atoms with Gasteiger partial charge >= 0.3 is 5.97 Å². The molecule has 0 spiro atoms. The average molecular weight is 326 g/mol. The molecule has 0 unspecified atom stereocenters. The predicted molar refractivity (Wildman–Crippen MR) is 97.6 cm³/mol. The van der Waals surface area contributed by atoms with Crippen LogP contribution in [0.2, 0.25) is 0 Å². The topological polar surface area (TPSA) is 29.5 Å². The monoisotopic (exact) mass is 325 g/mol. The maximum Gasteiger partial charge on any atom is 0.306 e. The van der Waals surface area contributed by atoms with Crippen molar-refractivity contribution in [2.45, 2.75) is 110 Å². The summed E-state index contributed by atoms with van der Waals surface area (Å²) in [4.78, 5) is 14.7. The second-order valence-corrected chi connectivity index (χ2v) is 8.69. The highest BCUT2D eigenvalue weighted by molar-refractivity contribution is 5.69. The lowest BCUT2D eigenvalue weighted by Gasteiger charge is -2.53. The van der Waals surface area contributed by atoms with E-state index < -0.39 is 0 Å². The first-order chi connectivity index (χ1) is 10.6. The Morgan fingerprint density at radius 2 is 1.52 bits per heavy atom. The van der Waals surface area contributed by atoms with Gasteiger partial charge in [0.15, 0.2) is 0 Å². The van der Waals surface area contributed by atoms with Crippen molar-refractivity contribution in [3.05, 3.63) is 0 Å². The second kappa shape index (κ2) is 8.50. The van der Waals surface area contributed by atoms with E-state index in [0.29, 0.717) is 12.3 Å². The smallest absolute Gasteiger partial charge is 0.306 e. The summed E-state index contributed by atoms with van der Waals surface area (Å²) >= 11 is 0. The third kappa shape index (κ3) is 6.10. The Kier molecular flexibility index (Phi) is 7.57. The van der Waals surface area contributed by atoms with Crippen molar-refractivity contribution in [1.82, 2.24) is 4.90 Å². The van der Waals surface area contributed by atoms with Crippen molar-refractivity contribution in [3.63, 3.8) is 0 Å². The van der Waals surface area contributed by atoms with E-state index in [4.69, 9.17) is 4.74 Å². The van der Waals surface area contributed by atoms with E-state index in [1.807, 2.05) is 0 Å². The molecule has 1 aliphatic rings. The zero-order valence-electron chi connectivity index (χ0n) is 16.6. The van der Waals surface area contributed by atoms with Gasteiger partial charge in [-0.15, -0.1) is 0 Å². The van der Waals surface area contributed by atoms with Crippen LogP contribution in [-0.2, 0) is 9.53 Å². The molecule has 0 saturated carbocycles. The number of nitrogens with zero attached hydrogens (tertiary/aromatic N) is 1. The number of rotatable bonds is 8. The number of ether oxygens (including phenoxy) is 1. The lowest BCUT2D eigenvalue weighted by Crippen LogP contribution is -2.60. The predicted octanol–water partition coefficient (Wildman–Crippen LogP) is 5.18. The molecular weight excluding hydrogens is 286 g/mol. The van der Waals surface area contributed by atoms with Crippen molar-refractivity contribution >= 4 is 5.97 Å². The minimum atomic E-state index is 0.00311. The molecule has 1 saturated heterocycles. The van der Waals surface area contributed by atoms with E-state index >= 15 is 0 Å². The Hall–Kier alpha value is -0.570. The van der Waals surface area contributed by atoms with Crippen molar-refractivity contribution in [1.29, 1.82) is 0 Å². The third-order valence-corrected chi connectivity index (χ3v) is 5.72. The van der Waals surface area contributed by atoms with Crippen LogP contribution in [0, 0.1) is 5.92 Å². The summed E-state index contributed by atoms with van der Waals surface area (Å²) in [7, 11) is 2.18. The standard InChI is InChI=1S/C20H39NO2/c1-8-10-16(11-9-2)12-13-18(22)23-17-14-19(3,4)21(7)20(5,6)15-17/h16-17H,8-15H2,1-7H3. The second-order valence-electron chi connectivity index (χ2n) is 8.69. The lowest BCUT2D eigenvalue weighted by molar-refractivity contribution is -0.159. The minimum absolute atomic E-state index is 0.00311. The molecule has 0 aromatic heterocycles. The van der Waals surface area contributed by atoms with Gasteiger partial charge in [0, 0.05) is 30.3 Å². The number of carbonyl (C=O) groups excluding carboxylic acids is 1. The van der Waals surface area contributed by atoms with Gasteiger partial charge in [-0.05, 0) is 47.1 Å². The molecule has 136 valence electrons. The molecule has 0 aromatic carbocycles. The molecule has 1 rings (SSSR count). The molecule has 0 aromatic rings. The Bertz CT molecular complexity index is 352. The lowest BCUT2D eigenvalue weighted by atomic mass is 9.79. The molecular formula is C20H39NO2. The Balaban J connectivity index is 2.50. The van der Waals surface area contributed by atoms with E-state index in [1.54, 1.807) is 0 Å². The molecule has 0 aliphatic carbocycles. The van der Waals surface area contributed by atoms with Crippen LogP contribution >= 0.6 is 0 Å². The molecule has 23 heavy (non-hydrogen) atoms. The zero-order chi connectivity index (χ0) is 17.7. The number of carbonyl (C=O) groups is 1. The summed E-state index contributed by atoms with van der Waals surface area (Å²) < 4.78 is 5.85. The van der Waals surface area contributed by atoms with E-state index in [0.717, 1.165) is 19.3 Å². The first kappa shape index (κ1) is 20.5. The Labute approximate surface area is 144 Å². The molecule has 1 fully saturated rings. The summed E-state index contributed by atoms with van der Waals surface area (Å²) in [5.41, 5.74) is 0.138. The fraction of sp³-hybridized carbons (Fsp3) is 0.950. The maximum absolute atomic E-state index is 12.3. The zero-order valence-corrected chi connectivity index (χ0v) is 16.6. The van der Waals surface area contributed by atoms with Gasteiger partial charge in [0.05, 0.1) is 0 Å². The molecule has 0 amide bonds. The Morgan fingerprint density at radius 3 is 1.96 bits per heavy atom. The van der Waals surface area contributed by atoms with Crippen LogP contribution in [0.25, 0.3) is 0 Å². The van der Waals surface area contributed by atoms with E-state index in [-0.39, 0.29) is 23.2 Å². The first-order valence-corrected chi connectivity index (χ1v) is 9.55. The van der Waals surface area contributed by atoms with Crippen molar-refractivity contribution < 1.29 is 9.53 Å². The van der Waals surface area contributed by atoms with Crippen LogP contribution in [0.4, 0.5) is 0 Å². The largest absolute Gasteiger partial charge is 0.462 e. The molecule has 0 N–H and O–H groups in total. The van der Waals surface area contributed by atoms with Gasteiger partial charge in [-0.1, -0.05) is 39.5 Å². The summed E-state index contributed by atoms with van der Waals surface area (Å²) in [6.07, 6.45) is 8.34. The fourth-order valence-electron chi connectivity index (χ4n) is 4.18. The molecule has 0 atom stereocenters. The van der Waals surface area contributed by atoms with E-state index in [2.05, 4.69) is 53.5 Å². The number of likely N-dealkylation sites (tertiary alicyclic amines) is 1. The molecule has 0 radical (unpaired) electrons. The van der Waals surface area contributed by atoms with Crippen molar-refractivity contribution in [3.8, 4) is 0 Å². The summed E-state index contributed by atoms with van der Waals surface area (Å²) in [6.45, 7) is 13.4. The first-order valence-electron chi connectivity index (χ1n) is 9.55. The highest BCUT2D eigenvalue weighted by Crippen LogP contribution is 2.38. The van der Waals surface area contributed by atoms with Crippen molar-refractivity contribution in [2.24, 2.45) is 5.92 Å². The summed E-state index contributed by atoms with van der Waals surface area (Å²) in [5.74, 6) is 0.686. The van der Waals surface area contributed by atoms with Crippen LogP contribution < -0.4 is 0 Å². The molecule has 3 heteroatoms. The highest BCUT2D eigenvalue weighted by Gasteiger charge is 2.44. The SMILES string of the molecule is CCCC(CCC)CCC(=O)OC1CC(C)(C)N(C)C(C)(C)C1. The fourth-order valence-corrected chi connectivity index (χ4v) is 4.18. The van der Waals surface area contributed by atoms with Crippen molar-refractivity contribution in [2.75, 3.05) is 7.05 Å². The highest BCUT2D eigenvalue weighted by atomic mass is 16.5. The average Bonchev–Trinajstić information content (AvgIpc) is 2.42. The number of hydrogen-bond acceptors (Lipinski definition) is 3. The number of piperidine rings is 1. The van der Waals surface area contributed by atoms with Gasteiger partial charge < -0.3 is 4.74 Å². The molecule has 1 aliphatic heterocycles. The van der Waals surface area contributed by atoms with Gasteiger partial charge in [-0.3, -0.25) is 9.69 Å². The van der Waals surface area contributed by atoms with Gasteiger partial charge in [0.25, 0.3) is 0 Å². The van der Waals surface area contributed by atoms with Crippen LogP contribution in [0.3, 0.4) is 0 Å². The van der Waals surface area contributed by atoms with E-state index in [1.165, 1.54) is 25.7 Å². The number of hydrogen-bond donors (Lipinski definition) is 0. The van der Waals surface area contributed by atoms with Crippen LogP contribution in [-0.4, -0.2) is 35.1 Å². The Morgan fingerprint density at radius 1 is 1.04 bits per heavy atom. The third-order valence-electron chi connectivity index (χ3n) is 5.72. The molecule has 3 nitrogen and oxygen atoms in total. The number of esters is 1. The van der Waals surface area contributed by atoms with Crippen LogP contribution in [0.15, 0.2) is 0 Å². The molecule has 0 bridgehead atoms. The summed E-state index contributed by atoms with van der Waals surface area (Å²) in [6, 6.07) is 0. The van der Waals surface area contributed by atoms with Gasteiger partial charge in [-0.25, -0.2) is 0 Å². The molecule has 1 heterocycles. The van der Waals surface area contributed by atoms with Crippen LogP contribution in [0.5, 0.6) is 0 Å². The van der Waals surface area contributed by atoms with Gasteiger partial charge in [0.1, 0.15) is 6.10 Å².